The lowest BCUT2D eigenvalue weighted by atomic mass is 10.1. The molecule has 0 radical (unpaired) electrons. The third kappa shape index (κ3) is 6.61. The van der Waals surface area contributed by atoms with Gasteiger partial charge in [-0.2, -0.15) is 13.2 Å². The highest BCUT2D eigenvalue weighted by atomic mass is 35.5. The van der Waals surface area contributed by atoms with Crippen molar-refractivity contribution < 1.29 is 27.8 Å². The molecule has 0 aliphatic carbocycles. The first-order chi connectivity index (χ1) is 15.0. The second-order valence-corrected chi connectivity index (χ2v) is 9.07. The van der Waals surface area contributed by atoms with Crippen LogP contribution in [0.15, 0.2) is 23.0 Å². The molecule has 2 aromatic rings. The first kappa shape index (κ1) is 24.8. The molecule has 3 rings (SSSR count). The number of aliphatic hydroxyl groups excluding tert-OH is 1. The van der Waals surface area contributed by atoms with Crippen LogP contribution in [0.5, 0.6) is 5.75 Å². The fourth-order valence-corrected chi connectivity index (χ4v) is 4.35. The van der Waals surface area contributed by atoms with Gasteiger partial charge in [-0.25, -0.2) is 0 Å². The van der Waals surface area contributed by atoms with Crippen LogP contribution in [-0.4, -0.2) is 59.3 Å². The number of alkyl halides is 3. The summed E-state index contributed by atoms with van der Waals surface area (Å²) < 4.78 is 44.6. The van der Waals surface area contributed by atoms with E-state index in [-0.39, 0.29) is 30.5 Å². The fraction of sp³-hybridized carbons (Fsp3) is 0.474. The SMILES string of the molecule is O=C(NC[C@H](O)CN1CCC(Oc2ccc(Cl)c(Cl)c2)CC1)c1sc(=O)[nH]c1C(F)(F)F. The molecule has 13 heteroatoms. The highest BCUT2D eigenvalue weighted by molar-refractivity contribution is 7.11. The van der Waals surface area contributed by atoms with Crippen LogP contribution in [0.3, 0.4) is 0 Å². The molecule has 0 saturated carbocycles. The number of benzene rings is 1. The van der Waals surface area contributed by atoms with E-state index < -0.39 is 33.6 Å². The number of nitrogens with one attached hydrogen (secondary N) is 2. The third-order valence-corrected chi connectivity index (χ3v) is 6.45. The van der Waals surface area contributed by atoms with E-state index in [1.165, 1.54) is 0 Å². The highest BCUT2D eigenvalue weighted by Crippen LogP contribution is 2.31. The standard InChI is InChI=1S/C19H20Cl2F3N3O4S/c20-13-2-1-12(7-14(13)21)31-11-3-5-27(6-4-11)9-10(28)8-25-17(29)15-16(19(22,23)24)26-18(30)32-15/h1-2,7,10-11,28H,3-6,8-9H2,(H,25,29)(H,26,30)/t10-/m0/s1. The predicted octanol–water partition coefficient (Wildman–Crippen LogP) is 3.40. The van der Waals surface area contributed by atoms with Gasteiger partial charge >= 0.3 is 11.0 Å². The number of aliphatic hydroxyl groups is 1. The van der Waals surface area contributed by atoms with Crippen molar-refractivity contribution in [2.75, 3.05) is 26.2 Å². The molecule has 2 heterocycles. The van der Waals surface area contributed by atoms with Crippen LogP contribution in [0.1, 0.15) is 28.2 Å². The number of thiazole rings is 1. The summed E-state index contributed by atoms with van der Waals surface area (Å²) in [5.74, 6) is -0.445. The molecule has 1 aromatic heterocycles. The maximum absolute atomic E-state index is 12.9. The number of nitrogens with zero attached hydrogens (tertiary/aromatic N) is 1. The lowest BCUT2D eigenvalue weighted by Crippen LogP contribution is -2.45. The number of halogens is 5. The maximum atomic E-state index is 12.9. The van der Waals surface area contributed by atoms with Gasteiger partial charge in [0.25, 0.3) is 5.91 Å². The summed E-state index contributed by atoms with van der Waals surface area (Å²) in [6.45, 7) is 1.25. The van der Waals surface area contributed by atoms with Crippen molar-refractivity contribution in [3.05, 3.63) is 48.5 Å². The van der Waals surface area contributed by atoms with E-state index in [2.05, 4.69) is 5.32 Å². The largest absolute Gasteiger partial charge is 0.490 e. The zero-order valence-electron chi connectivity index (χ0n) is 16.5. The molecular weight excluding hydrogens is 494 g/mol. The van der Waals surface area contributed by atoms with Gasteiger partial charge < -0.3 is 25.0 Å². The number of piperidine rings is 1. The van der Waals surface area contributed by atoms with Crippen molar-refractivity contribution in [3.8, 4) is 5.75 Å². The van der Waals surface area contributed by atoms with Gasteiger partial charge in [-0.15, -0.1) is 0 Å². The third-order valence-electron chi connectivity index (χ3n) is 4.83. The Morgan fingerprint density at radius 3 is 2.62 bits per heavy atom. The quantitative estimate of drug-likeness (QED) is 0.527. The number of β-amino-alcohol motifs (C(OH)–C–C–N with tert-alkyl or cyclic N) is 1. The fourth-order valence-electron chi connectivity index (χ4n) is 3.29. The van der Waals surface area contributed by atoms with Crippen LogP contribution in [0.25, 0.3) is 0 Å². The number of hydrogen-bond acceptors (Lipinski definition) is 6. The summed E-state index contributed by atoms with van der Waals surface area (Å²) in [5, 5.41) is 13.3. The molecule has 0 bridgehead atoms. The van der Waals surface area contributed by atoms with Gasteiger partial charge in [-0.1, -0.05) is 34.5 Å². The molecule has 1 amide bonds. The first-order valence-corrected chi connectivity index (χ1v) is 11.2. The second kappa shape index (κ2) is 10.4. The van der Waals surface area contributed by atoms with Crippen molar-refractivity contribution in [2.45, 2.75) is 31.2 Å². The maximum Gasteiger partial charge on any atom is 0.432 e. The van der Waals surface area contributed by atoms with E-state index in [0.717, 1.165) is 0 Å². The number of rotatable bonds is 7. The number of carbonyl (C=O) groups is 1. The van der Waals surface area contributed by atoms with E-state index in [9.17, 15) is 27.9 Å². The smallest absolute Gasteiger partial charge is 0.432 e. The summed E-state index contributed by atoms with van der Waals surface area (Å²) in [7, 11) is 0. The lowest BCUT2D eigenvalue weighted by molar-refractivity contribution is -0.141. The van der Waals surface area contributed by atoms with Gasteiger partial charge in [0, 0.05) is 32.2 Å². The summed E-state index contributed by atoms with van der Waals surface area (Å²) >= 11 is 12.1. The number of amides is 1. The molecule has 1 aliphatic heterocycles. The lowest BCUT2D eigenvalue weighted by Gasteiger charge is -2.33. The summed E-state index contributed by atoms with van der Waals surface area (Å²) in [6.07, 6.45) is -4.47. The predicted molar refractivity (Wildman–Crippen MR) is 115 cm³/mol. The normalized spacial score (nSPS) is 16.7. The topological polar surface area (TPSA) is 94.7 Å². The molecule has 1 saturated heterocycles. The zero-order valence-corrected chi connectivity index (χ0v) is 18.9. The van der Waals surface area contributed by atoms with Gasteiger partial charge in [-0.05, 0) is 25.0 Å². The minimum atomic E-state index is -4.85. The average molecular weight is 514 g/mol. The van der Waals surface area contributed by atoms with Gasteiger partial charge in [0.2, 0.25) is 0 Å². The van der Waals surface area contributed by atoms with Crippen molar-refractivity contribution in [2.24, 2.45) is 0 Å². The van der Waals surface area contributed by atoms with E-state index in [1.807, 2.05) is 4.90 Å². The van der Waals surface area contributed by atoms with E-state index in [0.29, 0.717) is 41.7 Å². The molecule has 0 unspecified atom stereocenters. The van der Waals surface area contributed by atoms with E-state index in [1.54, 1.807) is 23.2 Å². The van der Waals surface area contributed by atoms with E-state index in [4.69, 9.17) is 27.9 Å². The number of H-pyrrole nitrogens is 1. The van der Waals surface area contributed by atoms with Crippen LogP contribution in [0.2, 0.25) is 10.0 Å². The monoisotopic (exact) mass is 513 g/mol. The van der Waals surface area contributed by atoms with Gasteiger partial charge in [0.15, 0.2) is 0 Å². The Kier molecular flexibility index (Phi) is 8.10. The van der Waals surface area contributed by atoms with Crippen LogP contribution >= 0.6 is 34.5 Å². The summed E-state index contributed by atoms with van der Waals surface area (Å²) in [6, 6.07) is 5.04. The number of hydrogen-bond donors (Lipinski definition) is 3. The Morgan fingerprint density at radius 2 is 2.00 bits per heavy atom. The molecule has 1 fully saturated rings. The Hall–Kier alpha value is -1.79. The zero-order chi connectivity index (χ0) is 23.5. The Balaban J connectivity index is 1.43. The van der Waals surface area contributed by atoms with Crippen molar-refractivity contribution in [3.63, 3.8) is 0 Å². The molecule has 7 nitrogen and oxygen atoms in total. The second-order valence-electron chi connectivity index (χ2n) is 7.27. The summed E-state index contributed by atoms with van der Waals surface area (Å²) in [5.41, 5.74) is -1.39. The number of aromatic nitrogens is 1. The highest BCUT2D eigenvalue weighted by Gasteiger charge is 2.38. The Labute approximate surface area is 195 Å². The number of likely N-dealkylation sites (tertiary alicyclic amines) is 1. The molecule has 0 spiro atoms. The first-order valence-electron chi connectivity index (χ1n) is 9.63. The van der Waals surface area contributed by atoms with Gasteiger partial charge in [-0.3, -0.25) is 9.59 Å². The average Bonchev–Trinajstić information content (AvgIpc) is 3.13. The molecule has 3 N–H and O–H groups in total. The number of aromatic amines is 1. The Morgan fingerprint density at radius 1 is 1.31 bits per heavy atom. The molecule has 1 aliphatic rings. The van der Waals surface area contributed by atoms with Crippen LogP contribution < -0.4 is 14.9 Å². The van der Waals surface area contributed by atoms with Crippen molar-refractivity contribution >= 4 is 40.4 Å². The number of carbonyl (C=O) groups excluding carboxylic acids is 1. The molecule has 32 heavy (non-hydrogen) atoms. The van der Waals surface area contributed by atoms with Crippen LogP contribution in [-0.2, 0) is 6.18 Å². The van der Waals surface area contributed by atoms with E-state index >= 15 is 0 Å². The minimum absolute atomic E-state index is 0.0301. The van der Waals surface area contributed by atoms with Gasteiger partial charge in [0.05, 0.1) is 16.1 Å². The van der Waals surface area contributed by atoms with Crippen molar-refractivity contribution in [1.82, 2.24) is 15.2 Å². The van der Waals surface area contributed by atoms with Crippen LogP contribution in [0, 0.1) is 0 Å². The molecule has 1 atom stereocenters. The minimum Gasteiger partial charge on any atom is -0.490 e. The van der Waals surface area contributed by atoms with Crippen molar-refractivity contribution in [1.29, 1.82) is 0 Å². The number of ether oxygens (including phenoxy) is 1. The molecular formula is C19H20Cl2F3N3O4S. The summed E-state index contributed by atoms with van der Waals surface area (Å²) in [4.78, 5) is 25.2. The molecule has 176 valence electrons. The Bertz CT molecular complexity index is 1010. The van der Waals surface area contributed by atoms with Gasteiger partial charge in [0.1, 0.15) is 22.4 Å². The molecule has 1 aromatic carbocycles. The van der Waals surface area contributed by atoms with Crippen LogP contribution in [0.4, 0.5) is 13.2 Å².